The third-order valence-corrected chi connectivity index (χ3v) is 6.51. The molecule has 0 bridgehead atoms. The van der Waals surface area contributed by atoms with Gasteiger partial charge in [-0.25, -0.2) is 4.79 Å². The smallest absolute Gasteiger partial charge is 0.410 e. The average molecular weight is 442 g/mol. The summed E-state index contributed by atoms with van der Waals surface area (Å²) in [5, 5.41) is 29.7. The second kappa shape index (κ2) is 7.69. The monoisotopic (exact) mass is 441 g/mol. The number of carbonyl (C=O) groups excluding carboxylic acids is 1. The van der Waals surface area contributed by atoms with E-state index in [0.29, 0.717) is 9.91 Å². The molecule has 0 saturated heterocycles. The summed E-state index contributed by atoms with van der Waals surface area (Å²) in [4.78, 5) is 15.0. The molecule has 9 heteroatoms. The fraction of sp³-hybridized carbons (Fsp3) is 0.429. The van der Waals surface area contributed by atoms with Crippen LogP contribution in [0.2, 0.25) is 4.34 Å². The highest BCUT2D eigenvalue weighted by atomic mass is 35.5. The van der Waals surface area contributed by atoms with Crippen LogP contribution in [0.4, 0.5) is 4.79 Å². The average Bonchev–Trinajstić information content (AvgIpc) is 3.11. The fourth-order valence-corrected chi connectivity index (χ4v) is 5.17. The molecule has 0 aromatic carbocycles. The summed E-state index contributed by atoms with van der Waals surface area (Å²) in [6.45, 7) is 5.70. The SMILES string of the molecule is CC(C)(C)OC(=O)N1CC=C2[C@@H](C1)[C@@H](c1ccc(Cl)s1)C(C#N)=C(N)C2(C#N)C#N. The Bertz CT molecular complexity index is 1060. The van der Waals surface area contributed by atoms with Crippen molar-refractivity contribution in [1.82, 2.24) is 4.90 Å². The summed E-state index contributed by atoms with van der Waals surface area (Å²) in [5.41, 5.74) is 4.45. The number of halogens is 1. The molecule has 2 aliphatic rings. The highest BCUT2D eigenvalue weighted by Gasteiger charge is 2.53. The molecule has 0 radical (unpaired) electrons. The van der Waals surface area contributed by atoms with Gasteiger partial charge in [0.1, 0.15) is 5.60 Å². The number of thiophene rings is 1. The van der Waals surface area contributed by atoms with Gasteiger partial charge in [0.05, 0.1) is 33.8 Å². The van der Waals surface area contributed by atoms with Gasteiger partial charge in [0.25, 0.3) is 0 Å². The number of allylic oxidation sites excluding steroid dienone is 2. The number of nitrogens with zero attached hydrogens (tertiary/aromatic N) is 4. The van der Waals surface area contributed by atoms with E-state index in [1.165, 1.54) is 16.2 Å². The van der Waals surface area contributed by atoms with Crippen LogP contribution in [0, 0.1) is 45.3 Å². The molecule has 2 atom stereocenters. The number of nitriles is 3. The van der Waals surface area contributed by atoms with Crippen LogP contribution in [0.1, 0.15) is 31.6 Å². The molecule has 0 saturated carbocycles. The largest absolute Gasteiger partial charge is 0.444 e. The van der Waals surface area contributed by atoms with E-state index < -0.39 is 28.9 Å². The minimum Gasteiger partial charge on any atom is -0.444 e. The molecule has 3 rings (SSSR count). The molecule has 7 nitrogen and oxygen atoms in total. The number of fused-ring (bicyclic) bond motifs is 1. The molecule has 0 spiro atoms. The van der Waals surface area contributed by atoms with E-state index in [9.17, 15) is 20.6 Å². The van der Waals surface area contributed by atoms with E-state index in [1.807, 2.05) is 12.1 Å². The quantitative estimate of drug-likeness (QED) is 0.654. The van der Waals surface area contributed by atoms with Crippen LogP contribution in [0.25, 0.3) is 0 Å². The maximum atomic E-state index is 12.7. The van der Waals surface area contributed by atoms with Gasteiger partial charge in [0.15, 0.2) is 0 Å². The summed E-state index contributed by atoms with van der Waals surface area (Å²) in [6.07, 6.45) is 1.19. The summed E-state index contributed by atoms with van der Waals surface area (Å²) in [7, 11) is 0. The van der Waals surface area contributed by atoms with E-state index in [0.717, 1.165) is 4.88 Å². The van der Waals surface area contributed by atoms with Crippen molar-refractivity contribution in [2.45, 2.75) is 32.3 Å². The zero-order valence-electron chi connectivity index (χ0n) is 16.8. The molecule has 1 aromatic rings. The van der Waals surface area contributed by atoms with Crippen LogP contribution in [-0.2, 0) is 4.74 Å². The fourth-order valence-electron chi connectivity index (χ4n) is 3.93. The Balaban J connectivity index is 2.16. The molecule has 1 aromatic heterocycles. The van der Waals surface area contributed by atoms with E-state index in [4.69, 9.17) is 22.1 Å². The van der Waals surface area contributed by atoms with E-state index in [-0.39, 0.29) is 24.4 Å². The Kier molecular flexibility index (Phi) is 5.56. The first-order valence-corrected chi connectivity index (χ1v) is 10.4. The van der Waals surface area contributed by atoms with E-state index in [2.05, 4.69) is 6.07 Å². The summed E-state index contributed by atoms with van der Waals surface area (Å²) < 4.78 is 6.03. The second-order valence-electron chi connectivity index (χ2n) is 8.18. The van der Waals surface area contributed by atoms with Crippen molar-refractivity contribution in [3.8, 4) is 18.2 Å². The highest BCUT2D eigenvalue weighted by molar-refractivity contribution is 7.16. The molecule has 30 heavy (non-hydrogen) atoms. The highest BCUT2D eigenvalue weighted by Crippen LogP contribution is 2.54. The topological polar surface area (TPSA) is 127 Å². The van der Waals surface area contributed by atoms with Crippen molar-refractivity contribution in [2.75, 3.05) is 13.1 Å². The van der Waals surface area contributed by atoms with Gasteiger partial charge in [0, 0.05) is 29.8 Å². The molecule has 1 aliphatic carbocycles. The van der Waals surface area contributed by atoms with Gasteiger partial charge < -0.3 is 15.4 Å². The zero-order valence-corrected chi connectivity index (χ0v) is 18.3. The van der Waals surface area contributed by atoms with Gasteiger partial charge in [-0.1, -0.05) is 17.7 Å². The van der Waals surface area contributed by atoms with Gasteiger partial charge in [-0.15, -0.1) is 11.3 Å². The number of rotatable bonds is 1. The number of ether oxygens (including phenoxy) is 1. The zero-order chi connectivity index (χ0) is 22.3. The third kappa shape index (κ3) is 3.52. The maximum absolute atomic E-state index is 12.7. The van der Waals surface area contributed by atoms with E-state index >= 15 is 0 Å². The standard InChI is InChI=1S/C21H20ClN5O2S/c1-20(2,3)29-19(28)27-7-6-14-13(9-27)17(15-4-5-16(22)30-15)12(8-23)18(26)21(14,10-24)11-25/h4-6,13,17H,7,9,26H2,1-3H3/t13-,17+/m1/s1. The normalized spacial score (nSPS) is 22.8. The number of amides is 1. The van der Waals surface area contributed by atoms with Crippen LogP contribution in [0.5, 0.6) is 0 Å². The molecule has 1 amide bonds. The molecule has 2 N–H and O–H groups in total. The Morgan fingerprint density at radius 3 is 2.50 bits per heavy atom. The molecule has 0 unspecified atom stereocenters. The van der Waals surface area contributed by atoms with Crippen molar-refractivity contribution in [2.24, 2.45) is 17.1 Å². The van der Waals surface area contributed by atoms with Gasteiger partial charge in [-0.2, -0.15) is 15.8 Å². The van der Waals surface area contributed by atoms with Crippen molar-refractivity contribution < 1.29 is 9.53 Å². The second-order valence-corrected chi connectivity index (χ2v) is 9.93. The van der Waals surface area contributed by atoms with Crippen LogP contribution in [0.3, 0.4) is 0 Å². The predicted octanol–water partition coefficient (Wildman–Crippen LogP) is 4.06. The number of nitrogens with two attached hydrogens (primary N) is 1. The lowest BCUT2D eigenvalue weighted by Crippen LogP contribution is -2.49. The summed E-state index contributed by atoms with van der Waals surface area (Å²) in [6, 6.07) is 9.67. The molecule has 154 valence electrons. The molecular formula is C21H20ClN5O2S. The van der Waals surface area contributed by atoms with Crippen molar-refractivity contribution >= 4 is 29.0 Å². The molecular weight excluding hydrogens is 422 g/mol. The maximum Gasteiger partial charge on any atom is 0.410 e. The first kappa shape index (κ1) is 21.7. The van der Waals surface area contributed by atoms with Gasteiger partial charge >= 0.3 is 6.09 Å². The summed E-state index contributed by atoms with van der Waals surface area (Å²) in [5.74, 6) is -0.999. The molecule has 0 fully saturated rings. The van der Waals surface area contributed by atoms with Gasteiger partial charge in [-0.05, 0) is 38.5 Å². The van der Waals surface area contributed by atoms with Crippen LogP contribution >= 0.6 is 22.9 Å². The number of hydrogen-bond donors (Lipinski definition) is 1. The van der Waals surface area contributed by atoms with Crippen LogP contribution < -0.4 is 5.73 Å². The Labute approximate surface area is 184 Å². The van der Waals surface area contributed by atoms with Gasteiger partial charge in [-0.3, -0.25) is 0 Å². The summed E-state index contributed by atoms with van der Waals surface area (Å²) >= 11 is 7.43. The first-order chi connectivity index (χ1) is 14.1. The Morgan fingerprint density at radius 1 is 1.33 bits per heavy atom. The van der Waals surface area contributed by atoms with Crippen molar-refractivity contribution in [3.63, 3.8) is 0 Å². The lowest BCUT2D eigenvalue weighted by molar-refractivity contribution is 0.0230. The Morgan fingerprint density at radius 2 is 2.00 bits per heavy atom. The third-order valence-electron chi connectivity index (χ3n) is 5.20. The lowest BCUT2D eigenvalue weighted by atomic mass is 9.61. The van der Waals surface area contributed by atoms with Crippen molar-refractivity contribution in [1.29, 1.82) is 15.8 Å². The number of hydrogen-bond acceptors (Lipinski definition) is 7. The minimum atomic E-state index is -1.74. The lowest BCUT2D eigenvalue weighted by Gasteiger charge is -2.44. The minimum absolute atomic E-state index is 0.0576. The van der Waals surface area contributed by atoms with Crippen LogP contribution in [0.15, 0.2) is 35.1 Å². The first-order valence-electron chi connectivity index (χ1n) is 9.24. The molecule has 1 aliphatic heterocycles. The van der Waals surface area contributed by atoms with Crippen molar-refractivity contribution in [3.05, 3.63) is 44.3 Å². The van der Waals surface area contributed by atoms with Crippen LogP contribution in [-0.4, -0.2) is 29.7 Å². The van der Waals surface area contributed by atoms with Gasteiger partial charge in [0.2, 0.25) is 5.41 Å². The van der Waals surface area contributed by atoms with E-state index in [1.54, 1.807) is 39.0 Å². The number of carbonyl (C=O) groups is 1. The predicted molar refractivity (Wildman–Crippen MR) is 112 cm³/mol. The molecule has 2 heterocycles. The Hall–Kier alpha value is -2.99.